The maximum Gasteiger partial charge on any atom is 0.324 e. The van der Waals surface area contributed by atoms with Gasteiger partial charge in [-0.2, -0.15) is 16.1 Å². The number of carbonyl (C=O) groups is 1. The van der Waals surface area contributed by atoms with Crippen LogP contribution in [0.3, 0.4) is 0 Å². The number of alkyl halides is 2. The fraction of sp³-hybridized carbons (Fsp3) is 0.500. The molecule has 0 saturated heterocycles. The minimum Gasteiger partial charge on any atom is -0.480 e. The molecule has 0 aliphatic heterocycles. The number of sulfonamides is 1. The van der Waals surface area contributed by atoms with Crippen LogP contribution in [0.15, 0.2) is 15.7 Å². The largest absolute Gasteiger partial charge is 0.480 e. The first-order valence-corrected chi connectivity index (χ1v) is 7.83. The molecule has 19 heavy (non-hydrogen) atoms. The van der Waals surface area contributed by atoms with E-state index in [1.807, 2.05) is 4.72 Å². The van der Waals surface area contributed by atoms with Crippen LogP contribution in [0.5, 0.6) is 0 Å². The molecule has 1 fully saturated rings. The van der Waals surface area contributed by atoms with Crippen molar-refractivity contribution in [2.75, 3.05) is 0 Å². The number of thiophene rings is 1. The third-order valence-corrected chi connectivity index (χ3v) is 5.63. The summed E-state index contributed by atoms with van der Waals surface area (Å²) in [5, 5.41) is 11.2. The number of carboxylic acid groups (broad SMARTS) is 1. The highest BCUT2D eigenvalue weighted by Gasteiger charge is 2.48. The minimum absolute atomic E-state index is 0.162. The van der Waals surface area contributed by atoms with Crippen molar-refractivity contribution in [1.29, 1.82) is 0 Å². The molecule has 1 heterocycles. The van der Waals surface area contributed by atoms with E-state index in [2.05, 4.69) is 0 Å². The minimum atomic E-state index is -4.26. The van der Waals surface area contributed by atoms with E-state index < -0.39 is 38.4 Å². The summed E-state index contributed by atoms with van der Waals surface area (Å²) in [5.74, 6) is -1.28. The summed E-state index contributed by atoms with van der Waals surface area (Å²) in [6, 6.07) is 0. The molecule has 0 spiro atoms. The first kappa shape index (κ1) is 14.4. The van der Waals surface area contributed by atoms with E-state index in [9.17, 15) is 22.0 Å². The van der Waals surface area contributed by atoms with Gasteiger partial charge in [0, 0.05) is 16.3 Å². The zero-order valence-corrected chi connectivity index (χ0v) is 11.2. The second-order valence-electron chi connectivity index (χ2n) is 4.34. The van der Waals surface area contributed by atoms with Gasteiger partial charge in [-0.25, -0.2) is 17.2 Å². The van der Waals surface area contributed by atoms with Crippen molar-refractivity contribution in [3.05, 3.63) is 16.3 Å². The highest BCUT2D eigenvalue weighted by molar-refractivity contribution is 7.89. The van der Waals surface area contributed by atoms with Crippen LogP contribution in [-0.2, 0) is 14.8 Å². The van der Waals surface area contributed by atoms with Crippen LogP contribution in [0.4, 0.5) is 8.78 Å². The first-order chi connectivity index (χ1) is 8.78. The van der Waals surface area contributed by atoms with E-state index in [0.29, 0.717) is 6.42 Å². The molecule has 1 aliphatic carbocycles. The van der Waals surface area contributed by atoms with Gasteiger partial charge >= 0.3 is 5.97 Å². The van der Waals surface area contributed by atoms with Gasteiger partial charge in [0.05, 0.1) is 0 Å². The summed E-state index contributed by atoms with van der Waals surface area (Å²) in [4.78, 5) is 10.6. The summed E-state index contributed by atoms with van der Waals surface area (Å²) in [7, 11) is -4.26. The third kappa shape index (κ3) is 2.49. The predicted octanol–water partition coefficient (Wildman–Crippen LogP) is 1.97. The average molecular weight is 311 g/mol. The Morgan fingerprint density at radius 2 is 2.05 bits per heavy atom. The van der Waals surface area contributed by atoms with E-state index in [1.165, 1.54) is 0 Å². The zero-order valence-electron chi connectivity index (χ0n) is 9.60. The van der Waals surface area contributed by atoms with Crippen LogP contribution in [-0.4, -0.2) is 25.0 Å². The molecule has 0 radical (unpaired) electrons. The van der Waals surface area contributed by atoms with Gasteiger partial charge in [0.15, 0.2) is 0 Å². The second kappa shape index (κ2) is 4.80. The topological polar surface area (TPSA) is 83.5 Å². The van der Waals surface area contributed by atoms with Crippen molar-refractivity contribution in [3.63, 3.8) is 0 Å². The van der Waals surface area contributed by atoms with Gasteiger partial charge < -0.3 is 5.11 Å². The highest BCUT2D eigenvalue weighted by Crippen LogP contribution is 2.36. The molecule has 0 amide bonds. The lowest BCUT2D eigenvalue weighted by atomic mass is 9.78. The van der Waals surface area contributed by atoms with E-state index in [1.54, 1.807) is 0 Å². The lowest BCUT2D eigenvalue weighted by Crippen LogP contribution is -2.58. The molecule has 106 valence electrons. The fourth-order valence-electron chi connectivity index (χ4n) is 1.87. The molecule has 0 aromatic carbocycles. The maximum atomic E-state index is 12.7. The van der Waals surface area contributed by atoms with Crippen LogP contribution in [0.25, 0.3) is 0 Å². The monoisotopic (exact) mass is 311 g/mol. The van der Waals surface area contributed by atoms with Gasteiger partial charge in [0.1, 0.15) is 10.4 Å². The van der Waals surface area contributed by atoms with Crippen LogP contribution in [0.1, 0.15) is 31.3 Å². The lowest BCUT2D eigenvalue weighted by Gasteiger charge is -2.37. The molecule has 2 rings (SSSR count). The molecule has 5 nitrogen and oxygen atoms in total. The van der Waals surface area contributed by atoms with Gasteiger partial charge in [-0.3, -0.25) is 4.79 Å². The van der Waals surface area contributed by atoms with Crippen molar-refractivity contribution in [1.82, 2.24) is 4.72 Å². The fourth-order valence-corrected chi connectivity index (χ4v) is 4.70. The Bertz CT molecular complexity index is 592. The Kier molecular flexibility index (Phi) is 3.63. The summed E-state index contributed by atoms with van der Waals surface area (Å²) in [5.41, 5.74) is -2.16. The normalized spacial score (nSPS) is 18.3. The summed E-state index contributed by atoms with van der Waals surface area (Å²) in [6.45, 7) is 0. The predicted molar refractivity (Wildman–Crippen MR) is 63.8 cm³/mol. The quantitative estimate of drug-likeness (QED) is 0.871. The molecule has 1 aromatic rings. The van der Waals surface area contributed by atoms with Crippen molar-refractivity contribution < 1.29 is 27.1 Å². The first-order valence-electron chi connectivity index (χ1n) is 5.40. The molecular weight excluding hydrogens is 300 g/mol. The summed E-state index contributed by atoms with van der Waals surface area (Å²) in [6.07, 6.45) is -2.01. The SMILES string of the molecule is O=C(O)C1(NS(=O)(=O)c2cscc2C(F)F)CCC1. The lowest BCUT2D eigenvalue weighted by molar-refractivity contribution is -0.147. The second-order valence-corrected chi connectivity index (χ2v) is 6.73. The van der Waals surface area contributed by atoms with Crippen LogP contribution >= 0.6 is 11.3 Å². The molecule has 0 atom stereocenters. The molecule has 9 heteroatoms. The van der Waals surface area contributed by atoms with Gasteiger partial charge in [0.25, 0.3) is 6.43 Å². The zero-order chi connectivity index (χ0) is 14.3. The molecule has 1 aliphatic rings. The Balaban J connectivity index is 2.33. The molecule has 1 saturated carbocycles. The van der Waals surface area contributed by atoms with Gasteiger partial charge in [-0.1, -0.05) is 0 Å². The Labute approximate surface area is 112 Å². The summed E-state index contributed by atoms with van der Waals surface area (Å²) >= 11 is 0.835. The number of hydrogen-bond donors (Lipinski definition) is 2. The number of aliphatic carboxylic acids is 1. The van der Waals surface area contributed by atoms with Crippen molar-refractivity contribution in [2.45, 2.75) is 36.1 Å². The van der Waals surface area contributed by atoms with Crippen LogP contribution in [0, 0.1) is 0 Å². The maximum absolute atomic E-state index is 12.7. The molecule has 0 bridgehead atoms. The van der Waals surface area contributed by atoms with E-state index in [0.717, 1.165) is 22.1 Å². The number of halogens is 2. The van der Waals surface area contributed by atoms with Crippen LogP contribution < -0.4 is 4.72 Å². The van der Waals surface area contributed by atoms with E-state index in [4.69, 9.17) is 5.11 Å². The van der Waals surface area contributed by atoms with E-state index in [-0.39, 0.29) is 12.8 Å². The van der Waals surface area contributed by atoms with Gasteiger partial charge in [-0.05, 0) is 19.3 Å². The third-order valence-electron chi connectivity index (χ3n) is 3.13. The molecule has 1 aromatic heterocycles. The Morgan fingerprint density at radius 3 is 2.47 bits per heavy atom. The molecule has 0 unspecified atom stereocenters. The summed E-state index contributed by atoms with van der Waals surface area (Å²) < 4.78 is 51.5. The van der Waals surface area contributed by atoms with Crippen LogP contribution in [0.2, 0.25) is 0 Å². The van der Waals surface area contributed by atoms with Crippen molar-refractivity contribution in [2.24, 2.45) is 0 Å². The van der Waals surface area contributed by atoms with E-state index >= 15 is 0 Å². The average Bonchev–Trinajstić information content (AvgIpc) is 2.72. The Morgan fingerprint density at radius 1 is 1.42 bits per heavy atom. The standard InChI is InChI=1S/C10H11F2NO4S2/c11-8(12)6-4-18-5-7(6)19(16,17)13-10(9(14)15)2-1-3-10/h4-5,8,13H,1-3H2,(H,14,15). The highest BCUT2D eigenvalue weighted by atomic mass is 32.2. The van der Waals surface area contributed by atoms with Crippen molar-refractivity contribution >= 4 is 27.3 Å². The number of rotatable bonds is 5. The smallest absolute Gasteiger partial charge is 0.324 e. The van der Waals surface area contributed by atoms with Crippen molar-refractivity contribution in [3.8, 4) is 0 Å². The molecular formula is C10H11F2NO4S2. The van der Waals surface area contributed by atoms with Gasteiger partial charge in [0.2, 0.25) is 10.0 Å². The number of nitrogens with one attached hydrogen (secondary N) is 1. The Hall–Kier alpha value is -1.06. The number of carboxylic acids is 1. The van der Waals surface area contributed by atoms with Gasteiger partial charge in [-0.15, -0.1) is 0 Å². The number of hydrogen-bond acceptors (Lipinski definition) is 4. The molecule has 2 N–H and O–H groups in total.